The SMILES string of the molecule is O=C1N=NC2=C1C1=CC=CCN1C=C2. The molecule has 0 atom stereocenters. The molecule has 0 aromatic carbocycles. The highest BCUT2D eigenvalue weighted by atomic mass is 16.2. The van der Waals surface area contributed by atoms with Crippen molar-refractivity contribution in [1.82, 2.24) is 4.90 Å². The molecule has 0 aromatic rings. The van der Waals surface area contributed by atoms with E-state index in [-0.39, 0.29) is 5.91 Å². The average molecular weight is 185 g/mol. The van der Waals surface area contributed by atoms with Crippen LogP contribution in [0.1, 0.15) is 0 Å². The molecule has 3 aliphatic rings. The van der Waals surface area contributed by atoms with Crippen molar-refractivity contribution < 1.29 is 4.79 Å². The second-order valence-electron chi connectivity index (χ2n) is 3.21. The summed E-state index contributed by atoms with van der Waals surface area (Å²) in [5.74, 6) is -0.240. The van der Waals surface area contributed by atoms with Crippen LogP contribution >= 0.6 is 0 Å². The normalized spacial score (nSPS) is 22.7. The predicted octanol–water partition coefficient (Wildman–Crippen LogP) is 1.52. The van der Waals surface area contributed by atoms with Gasteiger partial charge in [-0.3, -0.25) is 4.79 Å². The summed E-state index contributed by atoms with van der Waals surface area (Å²) in [5.41, 5.74) is 2.20. The molecule has 0 aromatic heterocycles. The molecule has 3 aliphatic heterocycles. The zero-order valence-electron chi connectivity index (χ0n) is 7.34. The largest absolute Gasteiger partial charge is 0.343 e. The minimum absolute atomic E-state index is 0.240. The maximum atomic E-state index is 11.4. The number of hydrogen-bond acceptors (Lipinski definition) is 3. The number of hydrogen-bond donors (Lipinski definition) is 0. The Labute approximate surface area is 80.6 Å². The van der Waals surface area contributed by atoms with Crippen molar-refractivity contribution >= 4 is 5.91 Å². The van der Waals surface area contributed by atoms with Crippen LogP contribution in [0.2, 0.25) is 0 Å². The smallest absolute Gasteiger partial charge is 0.299 e. The van der Waals surface area contributed by atoms with E-state index in [9.17, 15) is 4.79 Å². The number of carbonyl (C=O) groups is 1. The van der Waals surface area contributed by atoms with Crippen molar-refractivity contribution in [3.05, 3.63) is 47.5 Å². The van der Waals surface area contributed by atoms with Gasteiger partial charge in [0.25, 0.3) is 5.91 Å². The summed E-state index contributed by atoms with van der Waals surface area (Å²) in [6.07, 6.45) is 9.64. The first kappa shape index (κ1) is 7.44. The molecule has 0 aliphatic carbocycles. The Bertz CT molecular complexity index is 466. The maximum Gasteiger partial charge on any atom is 0.299 e. The fraction of sp³-hybridized carbons (Fsp3) is 0.100. The van der Waals surface area contributed by atoms with Crippen molar-refractivity contribution in [3.63, 3.8) is 0 Å². The van der Waals surface area contributed by atoms with Crippen molar-refractivity contribution in [2.75, 3.05) is 6.54 Å². The van der Waals surface area contributed by atoms with Crippen LogP contribution < -0.4 is 0 Å². The molecular weight excluding hydrogens is 178 g/mol. The first-order valence-corrected chi connectivity index (χ1v) is 4.38. The summed E-state index contributed by atoms with van der Waals surface area (Å²) in [7, 11) is 0. The third-order valence-corrected chi connectivity index (χ3v) is 2.39. The van der Waals surface area contributed by atoms with Crippen LogP contribution in [0.5, 0.6) is 0 Å². The van der Waals surface area contributed by atoms with Crippen LogP contribution in [0.15, 0.2) is 57.7 Å². The zero-order valence-corrected chi connectivity index (χ0v) is 7.34. The van der Waals surface area contributed by atoms with Crippen LogP contribution in [0, 0.1) is 0 Å². The summed E-state index contributed by atoms with van der Waals surface area (Å²) in [6, 6.07) is 0. The summed E-state index contributed by atoms with van der Waals surface area (Å²) in [6.45, 7) is 0.798. The average Bonchev–Trinajstić information content (AvgIpc) is 2.61. The van der Waals surface area contributed by atoms with Crippen LogP contribution in [0.4, 0.5) is 0 Å². The highest BCUT2D eigenvalue weighted by Crippen LogP contribution is 2.32. The van der Waals surface area contributed by atoms with E-state index < -0.39 is 0 Å². The van der Waals surface area contributed by atoms with Gasteiger partial charge >= 0.3 is 0 Å². The highest BCUT2D eigenvalue weighted by molar-refractivity contribution is 6.01. The molecule has 0 saturated heterocycles. The van der Waals surface area contributed by atoms with E-state index in [0.29, 0.717) is 11.3 Å². The van der Waals surface area contributed by atoms with Gasteiger partial charge in [-0.25, -0.2) is 0 Å². The molecule has 0 fully saturated rings. The number of allylic oxidation sites excluding steroid dienone is 3. The fourth-order valence-corrected chi connectivity index (χ4v) is 1.72. The number of amides is 1. The quantitative estimate of drug-likeness (QED) is 0.574. The van der Waals surface area contributed by atoms with Crippen molar-refractivity contribution in [1.29, 1.82) is 0 Å². The van der Waals surface area contributed by atoms with Crippen LogP contribution in [0.3, 0.4) is 0 Å². The molecule has 1 amide bonds. The van der Waals surface area contributed by atoms with Gasteiger partial charge in [-0.15, -0.1) is 10.2 Å². The third kappa shape index (κ3) is 0.849. The van der Waals surface area contributed by atoms with Gasteiger partial charge in [-0.1, -0.05) is 12.2 Å². The number of rotatable bonds is 0. The standard InChI is InChI=1S/C10H7N3O/c14-10-9-7(11-12-10)4-6-13-5-2-1-3-8(9)13/h1-4,6H,5H2. The molecule has 3 heterocycles. The van der Waals surface area contributed by atoms with Gasteiger partial charge in [0.15, 0.2) is 0 Å². The minimum atomic E-state index is -0.240. The lowest BCUT2D eigenvalue weighted by Crippen LogP contribution is -2.24. The Morgan fingerprint density at radius 1 is 1.36 bits per heavy atom. The van der Waals surface area contributed by atoms with Gasteiger partial charge in [-0.2, -0.15) is 0 Å². The molecule has 0 N–H and O–H groups in total. The summed E-state index contributed by atoms with van der Waals surface area (Å²) in [5, 5.41) is 7.35. The van der Waals surface area contributed by atoms with Gasteiger partial charge < -0.3 is 4.90 Å². The zero-order chi connectivity index (χ0) is 9.54. The van der Waals surface area contributed by atoms with Crippen molar-refractivity contribution in [3.8, 4) is 0 Å². The predicted molar refractivity (Wildman–Crippen MR) is 50.0 cm³/mol. The van der Waals surface area contributed by atoms with Gasteiger partial charge in [0.2, 0.25) is 0 Å². The summed E-state index contributed by atoms with van der Waals surface area (Å²) < 4.78 is 0. The summed E-state index contributed by atoms with van der Waals surface area (Å²) in [4.78, 5) is 13.4. The number of azo groups is 1. The fourth-order valence-electron chi connectivity index (χ4n) is 1.72. The van der Waals surface area contributed by atoms with Crippen LogP contribution in [0.25, 0.3) is 0 Å². The Hall–Kier alpha value is -1.97. The van der Waals surface area contributed by atoms with Crippen LogP contribution in [-0.4, -0.2) is 17.4 Å². The van der Waals surface area contributed by atoms with E-state index in [0.717, 1.165) is 12.2 Å². The Morgan fingerprint density at radius 3 is 3.21 bits per heavy atom. The molecule has 0 radical (unpaired) electrons. The lowest BCUT2D eigenvalue weighted by Gasteiger charge is -2.27. The molecule has 0 bridgehead atoms. The lowest BCUT2D eigenvalue weighted by molar-refractivity contribution is -0.114. The minimum Gasteiger partial charge on any atom is -0.343 e. The van der Waals surface area contributed by atoms with E-state index >= 15 is 0 Å². The monoisotopic (exact) mass is 185 g/mol. The number of nitrogens with zero attached hydrogens (tertiary/aromatic N) is 3. The molecule has 0 saturated carbocycles. The number of carbonyl (C=O) groups excluding carboxylic acids is 1. The molecule has 68 valence electrons. The van der Waals surface area contributed by atoms with Gasteiger partial charge in [-0.05, 0) is 12.2 Å². The van der Waals surface area contributed by atoms with Crippen LogP contribution in [-0.2, 0) is 4.79 Å². The van der Waals surface area contributed by atoms with Gasteiger partial charge in [0.05, 0.1) is 11.3 Å². The lowest BCUT2D eigenvalue weighted by atomic mass is 10.0. The highest BCUT2D eigenvalue weighted by Gasteiger charge is 2.29. The van der Waals surface area contributed by atoms with E-state index in [1.165, 1.54) is 0 Å². The molecule has 4 nitrogen and oxygen atoms in total. The molecule has 3 rings (SSSR count). The van der Waals surface area contributed by atoms with Gasteiger partial charge in [0, 0.05) is 12.7 Å². The van der Waals surface area contributed by atoms with E-state index in [1.807, 2.05) is 35.4 Å². The topological polar surface area (TPSA) is 45.0 Å². The molecule has 0 unspecified atom stereocenters. The van der Waals surface area contributed by atoms with E-state index in [1.54, 1.807) is 0 Å². The molecular formula is C10H7N3O. The molecule has 4 heteroatoms. The Kier molecular flexibility index (Phi) is 1.33. The van der Waals surface area contributed by atoms with Crippen molar-refractivity contribution in [2.45, 2.75) is 0 Å². The second-order valence-corrected chi connectivity index (χ2v) is 3.21. The molecule has 14 heavy (non-hydrogen) atoms. The summed E-state index contributed by atoms with van der Waals surface area (Å²) >= 11 is 0. The third-order valence-electron chi connectivity index (χ3n) is 2.39. The van der Waals surface area contributed by atoms with E-state index in [2.05, 4.69) is 10.2 Å². The maximum absolute atomic E-state index is 11.4. The second kappa shape index (κ2) is 2.51. The first-order valence-electron chi connectivity index (χ1n) is 4.38. The van der Waals surface area contributed by atoms with E-state index in [4.69, 9.17) is 0 Å². The van der Waals surface area contributed by atoms with Crippen molar-refractivity contribution in [2.24, 2.45) is 10.2 Å². The Balaban J connectivity index is 2.17. The van der Waals surface area contributed by atoms with Gasteiger partial charge in [0.1, 0.15) is 5.70 Å². The Morgan fingerprint density at radius 2 is 2.29 bits per heavy atom. The molecule has 0 spiro atoms. The number of fused-ring (bicyclic) bond motifs is 2. The first-order chi connectivity index (χ1) is 6.86.